The van der Waals surface area contributed by atoms with Crippen molar-refractivity contribution in [3.8, 4) is 5.75 Å². The number of carboxylic acid groups (broad SMARTS) is 1. The number of alkyl halides is 9. The van der Waals surface area contributed by atoms with Crippen LogP contribution in [0.15, 0.2) is 48.7 Å². The number of aromatic nitrogens is 1. The molecule has 1 amide bonds. The number of pyridine rings is 1. The van der Waals surface area contributed by atoms with Crippen molar-refractivity contribution in [3.05, 3.63) is 87.7 Å². The molecule has 16 heteroatoms. The lowest BCUT2D eigenvalue weighted by Gasteiger charge is -2.46. The molecule has 1 aliphatic rings. The summed E-state index contributed by atoms with van der Waals surface area (Å²) in [5.41, 5.74) is -0.351. The number of anilines is 1. The number of hydrogen-bond donors (Lipinski definition) is 3. The maximum atomic E-state index is 13.8. The van der Waals surface area contributed by atoms with E-state index in [4.69, 9.17) is 15.6 Å². The molecular formula is C29H26F9N3O4. The van der Waals surface area contributed by atoms with Crippen LogP contribution < -0.4 is 15.4 Å². The van der Waals surface area contributed by atoms with E-state index in [1.165, 1.54) is 6.07 Å². The molecule has 0 saturated heterocycles. The van der Waals surface area contributed by atoms with Crippen LogP contribution in [0, 0.1) is 0 Å². The first kappa shape index (κ1) is 33.8. The molecule has 0 saturated carbocycles. The van der Waals surface area contributed by atoms with Gasteiger partial charge in [-0.2, -0.15) is 39.5 Å². The molecule has 0 radical (unpaired) electrons. The van der Waals surface area contributed by atoms with Crippen LogP contribution in [0.4, 0.5) is 50.0 Å². The van der Waals surface area contributed by atoms with Crippen molar-refractivity contribution < 1.29 is 59.3 Å². The smallest absolute Gasteiger partial charge is 0.416 e. The maximum Gasteiger partial charge on any atom is 0.416 e. The third-order valence-corrected chi connectivity index (χ3v) is 7.49. The van der Waals surface area contributed by atoms with E-state index < -0.39 is 71.5 Å². The van der Waals surface area contributed by atoms with E-state index >= 15 is 0 Å². The van der Waals surface area contributed by atoms with Crippen LogP contribution in [-0.2, 0) is 24.9 Å². The Morgan fingerprint density at radius 3 is 2.09 bits per heavy atom. The number of nitrogens with zero attached hydrogens (tertiary/aromatic N) is 2. The molecule has 45 heavy (non-hydrogen) atoms. The van der Waals surface area contributed by atoms with Gasteiger partial charge in [-0.25, -0.2) is 4.79 Å². The van der Waals surface area contributed by atoms with Gasteiger partial charge in [0.1, 0.15) is 18.0 Å². The van der Waals surface area contributed by atoms with Gasteiger partial charge in [0.05, 0.1) is 40.9 Å². The SMILES string of the molecule is CC[C@]1(N)C[C@H](c2ncc(OCCO)cc2Cc2cc(C(F)(F)F)cc(C(F)(F)F)c2)c2cc(C(F)(F)F)ccc2N1C(=O)O. The lowest BCUT2D eigenvalue weighted by atomic mass is 9.77. The van der Waals surface area contributed by atoms with Crippen molar-refractivity contribution in [1.29, 1.82) is 0 Å². The second-order valence-corrected chi connectivity index (χ2v) is 10.5. The Kier molecular flexibility index (Phi) is 9.05. The highest BCUT2D eigenvalue weighted by atomic mass is 19.4. The van der Waals surface area contributed by atoms with Gasteiger partial charge in [0, 0.05) is 5.92 Å². The van der Waals surface area contributed by atoms with Crippen molar-refractivity contribution in [2.45, 2.75) is 56.3 Å². The highest BCUT2D eigenvalue weighted by molar-refractivity contribution is 5.90. The zero-order valence-electron chi connectivity index (χ0n) is 23.3. The van der Waals surface area contributed by atoms with Crippen LogP contribution >= 0.6 is 0 Å². The Morgan fingerprint density at radius 2 is 1.58 bits per heavy atom. The van der Waals surface area contributed by atoms with Crippen LogP contribution in [-0.4, -0.2) is 40.2 Å². The van der Waals surface area contributed by atoms with Crippen LogP contribution in [0.2, 0.25) is 0 Å². The summed E-state index contributed by atoms with van der Waals surface area (Å²) in [5.74, 6) is -1.22. The Morgan fingerprint density at radius 1 is 0.978 bits per heavy atom. The van der Waals surface area contributed by atoms with Gasteiger partial charge in [-0.3, -0.25) is 9.88 Å². The summed E-state index contributed by atoms with van der Waals surface area (Å²) < 4.78 is 128. The van der Waals surface area contributed by atoms with Gasteiger partial charge in [-0.1, -0.05) is 6.92 Å². The minimum Gasteiger partial charge on any atom is -0.490 e. The second-order valence-electron chi connectivity index (χ2n) is 10.5. The fraction of sp³-hybridized carbons (Fsp3) is 0.379. The number of hydrogen-bond acceptors (Lipinski definition) is 5. The molecule has 4 N–H and O–H groups in total. The molecule has 0 bridgehead atoms. The molecule has 2 atom stereocenters. The number of rotatable bonds is 7. The number of carbonyl (C=O) groups is 1. The number of aliphatic hydroxyl groups excluding tert-OH is 1. The van der Waals surface area contributed by atoms with E-state index in [-0.39, 0.29) is 53.8 Å². The van der Waals surface area contributed by atoms with Gasteiger partial charge in [0.15, 0.2) is 0 Å². The summed E-state index contributed by atoms with van der Waals surface area (Å²) in [4.78, 5) is 17.3. The number of amides is 1. The molecular weight excluding hydrogens is 625 g/mol. The number of benzene rings is 2. The number of ether oxygens (including phenoxy) is 1. The molecule has 3 aromatic rings. The molecule has 0 aliphatic carbocycles. The third kappa shape index (κ3) is 7.11. The van der Waals surface area contributed by atoms with Crippen molar-refractivity contribution in [1.82, 2.24) is 4.98 Å². The molecule has 0 fully saturated rings. The molecule has 0 unspecified atom stereocenters. The van der Waals surface area contributed by atoms with E-state index in [1.807, 2.05) is 0 Å². The molecule has 244 valence electrons. The maximum absolute atomic E-state index is 13.8. The molecule has 7 nitrogen and oxygen atoms in total. The van der Waals surface area contributed by atoms with Gasteiger partial charge < -0.3 is 20.7 Å². The minimum absolute atomic E-state index is 0.0199. The van der Waals surface area contributed by atoms with Gasteiger partial charge in [-0.05, 0) is 78.4 Å². The molecule has 1 aliphatic heterocycles. The fourth-order valence-corrected chi connectivity index (χ4v) is 5.39. The average Bonchev–Trinajstić information content (AvgIpc) is 2.93. The Hall–Kier alpha value is -4.05. The quantitative estimate of drug-likeness (QED) is 0.234. The topological polar surface area (TPSA) is 109 Å². The predicted molar refractivity (Wildman–Crippen MR) is 142 cm³/mol. The zero-order chi connectivity index (χ0) is 33.5. The molecule has 1 aromatic heterocycles. The van der Waals surface area contributed by atoms with Crippen molar-refractivity contribution in [2.24, 2.45) is 5.73 Å². The summed E-state index contributed by atoms with van der Waals surface area (Å²) in [6.07, 6.45) is -16.5. The molecule has 0 spiro atoms. The van der Waals surface area contributed by atoms with Crippen LogP contribution in [0.25, 0.3) is 0 Å². The Labute approximate surface area is 250 Å². The predicted octanol–water partition coefficient (Wildman–Crippen LogP) is 7.18. The first-order valence-corrected chi connectivity index (χ1v) is 13.3. The van der Waals surface area contributed by atoms with E-state index in [2.05, 4.69) is 4.98 Å². The molecule has 2 heterocycles. The highest BCUT2D eigenvalue weighted by Crippen LogP contribution is 2.48. The summed E-state index contributed by atoms with van der Waals surface area (Å²) in [7, 11) is 0. The van der Waals surface area contributed by atoms with Crippen molar-refractivity contribution in [3.63, 3.8) is 0 Å². The minimum atomic E-state index is -5.14. The third-order valence-electron chi connectivity index (χ3n) is 7.49. The largest absolute Gasteiger partial charge is 0.490 e. The van der Waals surface area contributed by atoms with Crippen LogP contribution in [0.3, 0.4) is 0 Å². The first-order chi connectivity index (χ1) is 20.8. The summed E-state index contributed by atoms with van der Waals surface area (Å²) >= 11 is 0. The van der Waals surface area contributed by atoms with Crippen molar-refractivity contribution in [2.75, 3.05) is 18.1 Å². The molecule has 4 rings (SSSR count). The van der Waals surface area contributed by atoms with Crippen LogP contribution in [0.5, 0.6) is 5.75 Å². The lowest BCUT2D eigenvalue weighted by Crippen LogP contribution is -2.61. The zero-order valence-corrected chi connectivity index (χ0v) is 23.3. The standard InChI is InChI=1S/C29H26F9N3O4/c1-2-26(39)13-22(21-12-17(27(30,31)32)3-4-23(21)41(26)25(43)44)24-16(10-20(14-40-24)45-6-5-42)7-15-8-18(28(33,34)35)11-19(9-15)29(36,37)38/h3-4,8-12,14,22,42H,2,5-7,13,39H2,1H3,(H,43,44)/t22-,26+/m0/s1. The van der Waals surface area contributed by atoms with Crippen molar-refractivity contribution >= 4 is 11.8 Å². The average molecular weight is 652 g/mol. The Bertz CT molecular complexity index is 1540. The summed E-state index contributed by atoms with van der Waals surface area (Å²) in [6, 6.07) is 4.57. The summed E-state index contributed by atoms with van der Waals surface area (Å²) in [6.45, 7) is 0.843. The molecule has 2 aromatic carbocycles. The summed E-state index contributed by atoms with van der Waals surface area (Å²) in [5, 5.41) is 19.1. The Balaban J connectivity index is 1.97. The monoisotopic (exact) mass is 651 g/mol. The van der Waals surface area contributed by atoms with E-state index in [1.54, 1.807) is 6.92 Å². The second kappa shape index (κ2) is 12.0. The van der Waals surface area contributed by atoms with Gasteiger partial charge >= 0.3 is 24.6 Å². The number of fused-ring (bicyclic) bond motifs is 1. The normalized spacial score (nSPS) is 18.9. The van der Waals surface area contributed by atoms with E-state index in [0.717, 1.165) is 23.2 Å². The fourth-order valence-electron chi connectivity index (χ4n) is 5.39. The highest BCUT2D eigenvalue weighted by Gasteiger charge is 2.47. The van der Waals surface area contributed by atoms with E-state index in [9.17, 15) is 49.4 Å². The number of nitrogens with two attached hydrogens (primary N) is 1. The van der Waals surface area contributed by atoms with Crippen LogP contribution in [0.1, 0.15) is 64.8 Å². The van der Waals surface area contributed by atoms with Gasteiger partial charge in [-0.15, -0.1) is 0 Å². The van der Waals surface area contributed by atoms with Gasteiger partial charge in [0.25, 0.3) is 0 Å². The van der Waals surface area contributed by atoms with E-state index in [0.29, 0.717) is 18.2 Å². The first-order valence-electron chi connectivity index (χ1n) is 13.3. The number of halogens is 9. The van der Waals surface area contributed by atoms with Gasteiger partial charge in [0.2, 0.25) is 0 Å². The lowest BCUT2D eigenvalue weighted by molar-refractivity contribution is -0.143. The number of aliphatic hydroxyl groups is 1.